The zero-order valence-corrected chi connectivity index (χ0v) is 7.38. The van der Waals surface area contributed by atoms with E-state index >= 15 is 0 Å². The van der Waals surface area contributed by atoms with E-state index in [1.807, 2.05) is 29.1 Å². The molecule has 14 heavy (non-hydrogen) atoms. The van der Waals surface area contributed by atoms with E-state index in [0.29, 0.717) is 0 Å². The third kappa shape index (κ3) is 1.52. The Hall–Kier alpha value is -2.03. The van der Waals surface area contributed by atoms with Crippen molar-refractivity contribution in [1.82, 2.24) is 4.57 Å². The molecule has 1 heterocycles. The predicted octanol–water partition coefficient (Wildman–Crippen LogP) is 0.841. The summed E-state index contributed by atoms with van der Waals surface area (Å²) < 4.78 is 1.90. The first-order valence-corrected chi connectivity index (χ1v) is 4.22. The molecule has 0 spiro atoms. The minimum absolute atomic E-state index is 0.195. The van der Waals surface area contributed by atoms with Crippen LogP contribution in [0.25, 0.3) is 5.69 Å². The molecule has 3 nitrogen and oxygen atoms in total. The largest absolute Gasteiger partial charge is 0.545 e. The SMILES string of the molecule is O=C([O-])c1ccc(-n2cccc2)cc1. The summed E-state index contributed by atoms with van der Waals surface area (Å²) in [6, 6.07) is 10.4. The molecule has 1 aromatic carbocycles. The molecule has 70 valence electrons. The van der Waals surface area contributed by atoms with E-state index in [0.717, 1.165) is 5.69 Å². The van der Waals surface area contributed by atoms with E-state index < -0.39 is 5.97 Å². The highest BCUT2D eigenvalue weighted by Gasteiger charge is 1.95. The zero-order chi connectivity index (χ0) is 9.97. The quantitative estimate of drug-likeness (QED) is 0.697. The van der Waals surface area contributed by atoms with Crippen LogP contribution in [0.2, 0.25) is 0 Å². The number of hydrogen-bond acceptors (Lipinski definition) is 2. The molecule has 2 rings (SSSR count). The molecular formula is C11H8NO2-. The fourth-order valence-electron chi connectivity index (χ4n) is 1.28. The Kier molecular flexibility index (Phi) is 2.07. The van der Waals surface area contributed by atoms with Gasteiger partial charge >= 0.3 is 0 Å². The molecule has 0 bridgehead atoms. The fraction of sp³-hybridized carbons (Fsp3) is 0. The smallest absolute Gasteiger partial charge is 0.0715 e. The van der Waals surface area contributed by atoms with Crippen molar-refractivity contribution in [3.63, 3.8) is 0 Å². The van der Waals surface area contributed by atoms with E-state index in [1.54, 1.807) is 12.1 Å². The minimum Gasteiger partial charge on any atom is -0.545 e. The molecule has 0 aliphatic rings. The van der Waals surface area contributed by atoms with Crippen molar-refractivity contribution < 1.29 is 9.90 Å². The number of nitrogens with zero attached hydrogens (tertiary/aromatic N) is 1. The van der Waals surface area contributed by atoms with Crippen LogP contribution in [-0.2, 0) is 0 Å². The Morgan fingerprint density at radius 2 is 1.64 bits per heavy atom. The van der Waals surface area contributed by atoms with Gasteiger partial charge < -0.3 is 14.5 Å². The first kappa shape index (κ1) is 8.56. The molecule has 0 saturated carbocycles. The molecule has 0 saturated heterocycles. The number of carboxylic acids is 1. The first-order chi connectivity index (χ1) is 6.77. The van der Waals surface area contributed by atoms with E-state index in [9.17, 15) is 9.90 Å². The Bertz CT molecular complexity index is 429. The van der Waals surface area contributed by atoms with Crippen LogP contribution >= 0.6 is 0 Å². The van der Waals surface area contributed by atoms with Crippen LogP contribution in [0.1, 0.15) is 10.4 Å². The third-order valence-corrected chi connectivity index (χ3v) is 2.01. The number of carbonyl (C=O) groups is 1. The van der Waals surface area contributed by atoms with E-state index in [4.69, 9.17) is 0 Å². The lowest BCUT2D eigenvalue weighted by atomic mass is 10.2. The second-order valence-corrected chi connectivity index (χ2v) is 2.92. The number of hydrogen-bond donors (Lipinski definition) is 0. The van der Waals surface area contributed by atoms with Gasteiger partial charge in [0.1, 0.15) is 0 Å². The molecular weight excluding hydrogens is 178 g/mol. The second kappa shape index (κ2) is 3.38. The average molecular weight is 186 g/mol. The van der Waals surface area contributed by atoms with Gasteiger partial charge in [-0.1, -0.05) is 12.1 Å². The fourth-order valence-corrected chi connectivity index (χ4v) is 1.28. The molecule has 0 amide bonds. The molecule has 0 unspecified atom stereocenters. The van der Waals surface area contributed by atoms with Gasteiger partial charge in [-0.05, 0) is 29.8 Å². The number of carbonyl (C=O) groups excluding carboxylic acids is 1. The van der Waals surface area contributed by atoms with E-state index in [2.05, 4.69) is 0 Å². The van der Waals surface area contributed by atoms with Crippen molar-refractivity contribution in [3.8, 4) is 5.69 Å². The van der Waals surface area contributed by atoms with Gasteiger partial charge in [0.05, 0.1) is 5.97 Å². The standard InChI is InChI=1S/C11H9NO2/c13-11(14)9-3-5-10(6-4-9)12-7-1-2-8-12/h1-8H,(H,13,14)/p-1. The molecule has 2 aromatic rings. The highest BCUT2D eigenvalue weighted by atomic mass is 16.4. The maximum absolute atomic E-state index is 10.5. The van der Waals surface area contributed by atoms with Gasteiger partial charge in [-0.3, -0.25) is 0 Å². The Morgan fingerprint density at radius 1 is 1.07 bits per heavy atom. The maximum Gasteiger partial charge on any atom is 0.0715 e. The van der Waals surface area contributed by atoms with Crippen molar-refractivity contribution >= 4 is 5.97 Å². The molecule has 0 atom stereocenters. The monoisotopic (exact) mass is 186 g/mol. The van der Waals surface area contributed by atoms with Gasteiger partial charge in [0, 0.05) is 18.1 Å². The zero-order valence-electron chi connectivity index (χ0n) is 7.38. The Morgan fingerprint density at radius 3 is 2.14 bits per heavy atom. The molecule has 3 heteroatoms. The lowest BCUT2D eigenvalue weighted by Gasteiger charge is -2.05. The van der Waals surface area contributed by atoms with Gasteiger partial charge in [0.15, 0.2) is 0 Å². The molecule has 1 aromatic heterocycles. The van der Waals surface area contributed by atoms with Crippen LogP contribution < -0.4 is 5.11 Å². The van der Waals surface area contributed by atoms with Crippen molar-refractivity contribution in [2.75, 3.05) is 0 Å². The van der Waals surface area contributed by atoms with Gasteiger partial charge in [0.2, 0.25) is 0 Å². The Labute approximate surface area is 81.2 Å². The molecule has 0 fully saturated rings. The van der Waals surface area contributed by atoms with Crippen molar-refractivity contribution in [3.05, 3.63) is 54.4 Å². The number of rotatable bonds is 2. The second-order valence-electron chi connectivity index (χ2n) is 2.92. The predicted molar refractivity (Wildman–Crippen MR) is 50.1 cm³/mol. The first-order valence-electron chi connectivity index (χ1n) is 4.22. The Balaban J connectivity index is 2.36. The maximum atomic E-state index is 10.5. The van der Waals surface area contributed by atoms with Gasteiger partial charge in [0.25, 0.3) is 0 Å². The summed E-state index contributed by atoms with van der Waals surface area (Å²) in [4.78, 5) is 10.5. The molecule has 0 aliphatic carbocycles. The summed E-state index contributed by atoms with van der Waals surface area (Å²) in [6.45, 7) is 0. The lowest BCUT2D eigenvalue weighted by molar-refractivity contribution is -0.255. The summed E-state index contributed by atoms with van der Waals surface area (Å²) in [5.74, 6) is -1.15. The summed E-state index contributed by atoms with van der Waals surface area (Å²) in [5.41, 5.74) is 1.13. The number of benzene rings is 1. The van der Waals surface area contributed by atoms with Crippen LogP contribution in [0.3, 0.4) is 0 Å². The number of carboxylic acid groups (broad SMARTS) is 1. The summed E-state index contributed by atoms with van der Waals surface area (Å²) in [6.07, 6.45) is 3.79. The third-order valence-electron chi connectivity index (χ3n) is 2.01. The van der Waals surface area contributed by atoms with Crippen molar-refractivity contribution in [2.24, 2.45) is 0 Å². The van der Waals surface area contributed by atoms with Crippen molar-refractivity contribution in [1.29, 1.82) is 0 Å². The summed E-state index contributed by atoms with van der Waals surface area (Å²) >= 11 is 0. The highest BCUT2D eigenvalue weighted by molar-refractivity contribution is 5.85. The van der Waals surface area contributed by atoms with Crippen LogP contribution in [-0.4, -0.2) is 10.5 Å². The van der Waals surface area contributed by atoms with Gasteiger partial charge in [-0.25, -0.2) is 0 Å². The number of aromatic carboxylic acids is 1. The average Bonchev–Trinajstić information content (AvgIpc) is 2.71. The summed E-state index contributed by atoms with van der Waals surface area (Å²) in [7, 11) is 0. The summed E-state index contributed by atoms with van der Waals surface area (Å²) in [5, 5.41) is 10.5. The van der Waals surface area contributed by atoms with Crippen LogP contribution in [0.4, 0.5) is 0 Å². The highest BCUT2D eigenvalue weighted by Crippen LogP contribution is 2.09. The molecule has 0 radical (unpaired) electrons. The van der Waals surface area contributed by atoms with Gasteiger partial charge in [-0.15, -0.1) is 0 Å². The van der Waals surface area contributed by atoms with E-state index in [-0.39, 0.29) is 5.56 Å². The number of aromatic nitrogens is 1. The molecule has 0 N–H and O–H groups in total. The normalized spacial score (nSPS) is 10.0. The van der Waals surface area contributed by atoms with Gasteiger partial charge in [-0.2, -0.15) is 0 Å². The topological polar surface area (TPSA) is 45.1 Å². The molecule has 0 aliphatic heterocycles. The van der Waals surface area contributed by atoms with E-state index in [1.165, 1.54) is 12.1 Å². The van der Waals surface area contributed by atoms with Crippen LogP contribution in [0.15, 0.2) is 48.8 Å². The van der Waals surface area contributed by atoms with Crippen LogP contribution in [0, 0.1) is 0 Å². The minimum atomic E-state index is -1.15. The lowest BCUT2D eigenvalue weighted by Crippen LogP contribution is -2.21. The van der Waals surface area contributed by atoms with Crippen LogP contribution in [0.5, 0.6) is 0 Å². The van der Waals surface area contributed by atoms with Crippen molar-refractivity contribution in [2.45, 2.75) is 0 Å².